The van der Waals surface area contributed by atoms with E-state index >= 15 is 0 Å². The van der Waals surface area contributed by atoms with Gasteiger partial charge in [-0.15, -0.1) is 0 Å². The quantitative estimate of drug-likeness (QED) is 0.570. The zero-order chi connectivity index (χ0) is 20.6. The topological polar surface area (TPSA) is 110 Å². The lowest BCUT2D eigenvalue weighted by atomic mass is 10.1. The molecule has 29 heavy (non-hydrogen) atoms. The first-order valence-electron chi connectivity index (χ1n) is 8.70. The molecule has 0 spiro atoms. The Kier molecular flexibility index (Phi) is 6.39. The van der Waals surface area contributed by atoms with Crippen LogP contribution in [0.1, 0.15) is 20.9 Å². The van der Waals surface area contributed by atoms with E-state index in [-0.39, 0.29) is 24.2 Å². The van der Waals surface area contributed by atoms with Gasteiger partial charge >= 0.3 is 0 Å². The van der Waals surface area contributed by atoms with Crippen LogP contribution in [0.2, 0.25) is 0 Å². The minimum absolute atomic E-state index is 0.0364. The average molecular weight is 393 g/mol. The van der Waals surface area contributed by atoms with Crippen molar-refractivity contribution in [2.45, 2.75) is 0 Å². The van der Waals surface area contributed by atoms with E-state index in [0.29, 0.717) is 22.6 Å². The maximum Gasteiger partial charge on any atom is 0.291 e. The van der Waals surface area contributed by atoms with Crippen molar-refractivity contribution in [2.24, 2.45) is 0 Å². The summed E-state index contributed by atoms with van der Waals surface area (Å²) < 4.78 is 9.80. The fourth-order valence-electron chi connectivity index (χ4n) is 2.51. The molecular formula is C21H19N3O5. The Morgan fingerprint density at radius 1 is 0.828 bits per heavy atom. The van der Waals surface area contributed by atoms with E-state index in [1.165, 1.54) is 13.4 Å². The Morgan fingerprint density at radius 2 is 1.52 bits per heavy atom. The van der Waals surface area contributed by atoms with Gasteiger partial charge in [0.25, 0.3) is 11.8 Å². The zero-order valence-electron chi connectivity index (χ0n) is 15.6. The van der Waals surface area contributed by atoms with E-state index in [1.807, 2.05) is 0 Å². The molecule has 0 saturated heterocycles. The largest absolute Gasteiger partial charge is 0.459 e. The molecule has 0 unspecified atom stereocenters. The van der Waals surface area contributed by atoms with Crippen molar-refractivity contribution in [1.82, 2.24) is 0 Å². The highest BCUT2D eigenvalue weighted by molar-refractivity contribution is 6.06. The molecule has 8 nitrogen and oxygen atoms in total. The van der Waals surface area contributed by atoms with E-state index in [4.69, 9.17) is 9.15 Å². The number of carbonyl (C=O) groups excluding carboxylic acids is 3. The summed E-state index contributed by atoms with van der Waals surface area (Å²) in [4.78, 5) is 36.1. The van der Waals surface area contributed by atoms with Gasteiger partial charge in [0, 0.05) is 29.7 Å². The summed E-state index contributed by atoms with van der Waals surface area (Å²) in [5, 5.41) is 8.11. The Bertz CT molecular complexity index is 997. The normalized spacial score (nSPS) is 10.2. The Balaban J connectivity index is 1.62. The molecule has 0 saturated carbocycles. The maximum absolute atomic E-state index is 12.5. The first-order valence-corrected chi connectivity index (χ1v) is 8.70. The number of anilines is 3. The summed E-state index contributed by atoms with van der Waals surface area (Å²) in [5.41, 5.74) is 1.99. The Labute approximate surface area is 166 Å². The second kappa shape index (κ2) is 9.34. The summed E-state index contributed by atoms with van der Waals surface area (Å²) in [7, 11) is 1.44. The van der Waals surface area contributed by atoms with Crippen LogP contribution in [0.15, 0.2) is 71.3 Å². The predicted octanol–water partition coefficient (Wildman–Crippen LogP) is 3.37. The Hall–Kier alpha value is -3.91. The molecule has 3 N–H and O–H groups in total. The van der Waals surface area contributed by atoms with E-state index in [1.54, 1.807) is 60.7 Å². The van der Waals surface area contributed by atoms with Crippen molar-refractivity contribution in [1.29, 1.82) is 0 Å². The lowest BCUT2D eigenvalue weighted by Crippen LogP contribution is -2.17. The van der Waals surface area contributed by atoms with Crippen molar-refractivity contribution in [3.05, 3.63) is 78.3 Å². The van der Waals surface area contributed by atoms with Crippen LogP contribution in [-0.4, -0.2) is 31.4 Å². The number of carbonyl (C=O) groups is 3. The predicted molar refractivity (Wildman–Crippen MR) is 108 cm³/mol. The van der Waals surface area contributed by atoms with Crippen molar-refractivity contribution < 1.29 is 23.5 Å². The highest BCUT2D eigenvalue weighted by Gasteiger charge is 2.11. The minimum atomic E-state index is -0.404. The van der Waals surface area contributed by atoms with Gasteiger partial charge < -0.3 is 25.1 Å². The maximum atomic E-state index is 12.5. The number of nitrogens with one attached hydrogen (secondary N) is 3. The van der Waals surface area contributed by atoms with E-state index < -0.39 is 5.91 Å². The summed E-state index contributed by atoms with van der Waals surface area (Å²) in [6.07, 6.45) is 1.41. The van der Waals surface area contributed by atoms with Crippen LogP contribution in [0.25, 0.3) is 0 Å². The fraction of sp³-hybridized carbons (Fsp3) is 0.0952. The molecule has 3 aromatic rings. The van der Waals surface area contributed by atoms with Crippen LogP contribution in [0.4, 0.5) is 17.1 Å². The monoisotopic (exact) mass is 393 g/mol. The fourth-order valence-corrected chi connectivity index (χ4v) is 2.51. The molecule has 0 bridgehead atoms. The highest BCUT2D eigenvalue weighted by atomic mass is 16.5. The number of furan rings is 1. The number of benzene rings is 2. The molecule has 3 rings (SSSR count). The number of methoxy groups -OCH3 is 1. The number of hydrogen-bond donors (Lipinski definition) is 3. The molecule has 0 aliphatic carbocycles. The van der Waals surface area contributed by atoms with Crippen molar-refractivity contribution >= 4 is 34.8 Å². The molecule has 2 aromatic carbocycles. The third kappa shape index (κ3) is 5.53. The summed E-state index contributed by atoms with van der Waals surface area (Å²) in [5.74, 6) is -0.829. The van der Waals surface area contributed by atoms with Gasteiger partial charge in [0.05, 0.1) is 6.26 Å². The second-order valence-corrected chi connectivity index (χ2v) is 6.02. The van der Waals surface area contributed by atoms with E-state index in [2.05, 4.69) is 16.0 Å². The van der Waals surface area contributed by atoms with Crippen LogP contribution in [0, 0.1) is 0 Å². The molecule has 1 heterocycles. The van der Waals surface area contributed by atoms with Crippen LogP contribution in [0.5, 0.6) is 0 Å². The van der Waals surface area contributed by atoms with Gasteiger partial charge in [0.15, 0.2) is 5.76 Å². The first-order chi connectivity index (χ1) is 14.0. The number of hydrogen-bond acceptors (Lipinski definition) is 5. The lowest BCUT2D eigenvalue weighted by Gasteiger charge is -2.09. The molecule has 0 aliphatic heterocycles. The molecule has 3 amide bonds. The van der Waals surface area contributed by atoms with Gasteiger partial charge in [-0.3, -0.25) is 14.4 Å². The third-order valence-electron chi connectivity index (χ3n) is 3.83. The van der Waals surface area contributed by atoms with Crippen LogP contribution in [-0.2, 0) is 9.53 Å². The average Bonchev–Trinajstić information content (AvgIpc) is 3.25. The molecule has 0 radical (unpaired) electrons. The number of amides is 3. The van der Waals surface area contributed by atoms with Crippen LogP contribution >= 0.6 is 0 Å². The highest BCUT2D eigenvalue weighted by Crippen LogP contribution is 2.17. The second-order valence-electron chi connectivity index (χ2n) is 6.02. The van der Waals surface area contributed by atoms with Gasteiger partial charge in [0.1, 0.15) is 6.61 Å². The van der Waals surface area contributed by atoms with Crippen molar-refractivity contribution in [2.75, 3.05) is 29.7 Å². The lowest BCUT2D eigenvalue weighted by molar-refractivity contribution is -0.119. The van der Waals surface area contributed by atoms with Gasteiger partial charge in [-0.05, 0) is 54.6 Å². The smallest absolute Gasteiger partial charge is 0.291 e. The van der Waals surface area contributed by atoms with Gasteiger partial charge in [0.2, 0.25) is 5.91 Å². The summed E-state index contributed by atoms with van der Waals surface area (Å²) in [6.45, 7) is -0.0364. The van der Waals surface area contributed by atoms with Gasteiger partial charge in [-0.2, -0.15) is 0 Å². The first kappa shape index (κ1) is 19.8. The van der Waals surface area contributed by atoms with Crippen LogP contribution < -0.4 is 16.0 Å². The molecular weight excluding hydrogens is 374 g/mol. The van der Waals surface area contributed by atoms with Crippen LogP contribution in [0.3, 0.4) is 0 Å². The molecule has 8 heteroatoms. The SMILES string of the molecule is COCC(=O)Nc1ccc(NC(=O)c2cccc(NC(=O)c3ccco3)c2)cc1. The number of rotatable bonds is 7. The molecule has 148 valence electrons. The molecule has 0 aliphatic rings. The minimum Gasteiger partial charge on any atom is -0.459 e. The van der Waals surface area contributed by atoms with Crippen molar-refractivity contribution in [3.8, 4) is 0 Å². The number of ether oxygens (including phenoxy) is 1. The molecule has 1 aromatic heterocycles. The van der Waals surface area contributed by atoms with Crippen molar-refractivity contribution in [3.63, 3.8) is 0 Å². The zero-order valence-corrected chi connectivity index (χ0v) is 15.6. The molecule has 0 atom stereocenters. The Morgan fingerprint density at radius 3 is 2.17 bits per heavy atom. The standard InChI is InChI=1S/C21H19N3O5/c1-28-13-19(25)22-15-7-9-16(10-8-15)23-20(26)14-4-2-5-17(12-14)24-21(27)18-6-3-11-29-18/h2-12H,13H2,1H3,(H,22,25)(H,23,26)(H,24,27). The summed E-state index contributed by atoms with van der Waals surface area (Å²) in [6, 6.07) is 16.4. The van der Waals surface area contributed by atoms with E-state index in [0.717, 1.165) is 0 Å². The summed E-state index contributed by atoms with van der Waals surface area (Å²) >= 11 is 0. The van der Waals surface area contributed by atoms with Gasteiger partial charge in [-0.1, -0.05) is 6.07 Å². The van der Waals surface area contributed by atoms with Gasteiger partial charge in [-0.25, -0.2) is 0 Å². The van der Waals surface area contributed by atoms with E-state index in [9.17, 15) is 14.4 Å². The molecule has 0 fully saturated rings. The third-order valence-corrected chi connectivity index (χ3v) is 3.83.